The first-order chi connectivity index (χ1) is 15.9. The Morgan fingerprint density at radius 2 is 1.73 bits per heavy atom. The van der Waals surface area contributed by atoms with Crippen LogP contribution >= 0.6 is 0 Å². The van der Waals surface area contributed by atoms with Gasteiger partial charge in [0.15, 0.2) is 5.78 Å². The molecule has 4 aliphatic carbocycles. The number of hydrogen-bond donors (Lipinski definition) is 0. The van der Waals surface area contributed by atoms with Gasteiger partial charge in [0.1, 0.15) is 5.78 Å². The molecule has 4 nitrogen and oxygen atoms in total. The average Bonchev–Trinajstić information content (AvgIpc) is 3.08. The van der Waals surface area contributed by atoms with Gasteiger partial charge in [-0.3, -0.25) is 14.4 Å². The first-order valence-electron chi connectivity index (χ1n) is 13.8. The monoisotopic (exact) mass is 456 g/mol. The Bertz CT molecular complexity index is 768. The second-order valence-electron chi connectivity index (χ2n) is 11.7. The molecule has 0 aromatic rings. The van der Waals surface area contributed by atoms with Gasteiger partial charge in [-0.2, -0.15) is 0 Å². The Balaban J connectivity index is 1.30. The highest BCUT2D eigenvalue weighted by Gasteiger charge is 2.58. The molecular formula is C29H44O4. The number of fused-ring (bicyclic) bond motifs is 5. The quantitative estimate of drug-likeness (QED) is 0.274. The van der Waals surface area contributed by atoms with E-state index in [1.807, 2.05) is 6.08 Å². The molecule has 0 spiro atoms. The summed E-state index contributed by atoms with van der Waals surface area (Å²) in [7, 11) is 0. The number of carbonyl (C=O) groups excluding carboxylic acids is 3. The maximum absolute atomic E-state index is 12.8. The number of carbonyl (C=O) groups is 3. The Hall–Kier alpha value is -1.45. The highest BCUT2D eigenvalue weighted by Crippen LogP contribution is 2.62. The zero-order valence-corrected chi connectivity index (χ0v) is 20.9. The summed E-state index contributed by atoms with van der Waals surface area (Å²) in [5, 5.41) is 0. The largest absolute Gasteiger partial charge is 0.466 e. The Morgan fingerprint density at radius 1 is 1.00 bits per heavy atom. The van der Waals surface area contributed by atoms with Crippen LogP contribution in [-0.4, -0.2) is 24.1 Å². The average molecular weight is 457 g/mol. The maximum atomic E-state index is 12.8. The fourth-order valence-corrected chi connectivity index (χ4v) is 8.05. The molecule has 33 heavy (non-hydrogen) atoms. The minimum atomic E-state index is -0.181. The second kappa shape index (κ2) is 10.9. The summed E-state index contributed by atoms with van der Waals surface area (Å²) in [5.41, 5.74) is 1.38. The SMILES string of the molecule is CC(=O)OCCCCCCCCC[C@@H]1CC2=CC(=O)CCC2[C@H]2CC[C@]3(C)C(=O)CC[C@H]3[C@H]12. The molecule has 0 aromatic carbocycles. The van der Waals surface area contributed by atoms with E-state index < -0.39 is 0 Å². The van der Waals surface area contributed by atoms with Crippen LogP contribution in [-0.2, 0) is 19.1 Å². The molecule has 0 heterocycles. The van der Waals surface area contributed by atoms with Gasteiger partial charge in [-0.25, -0.2) is 0 Å². The molecule has 184 valence electrons. The number of ketones is 2. The van der Waals surface area contributed by atoms with Crippen molar-refractivity contribution < 1.29 is 19.1 Å². The van der Waals surface area contributed by atoms with Crippen molar-refractivity contribution in [2.75, 3.05) is 6.61 Å². The highest BCUT2D eigenvalue weighted by atomic mass is 16.5. The third-order valence-electron chi connectivity index (χ3n) is 9.70. The van der Waals surface area contributed by atoms with Crippen LogP contribution in [0.4, 0.5) is 0 Å². The number of esters is 1. The smallest absolute Gasteiger partial charge is 0.302 e. The molecule has 0 aromatic heterocycles. The van der Waals surface area contributed by atoms with Gasteiger partial charge in [-0.05, 0) is 80.6 Å². The van der Waals surface area contributed by atoms with Gasteiger partial charge >= 0.3 is 5.97 Å². The molecule has 3 saturated carbocycles. The Labute approximate surface area is 200 Å². The topological polar surface area (TPSA) is 60.4 Å². The molecule has 0 radical (unpaired) electrons. The molecule has 0 amide bonds. The minimum absolute atomic E-state index is 0.0722. The van der Waals surface area contributed by atoms with Crippen LogP contribution < -0.4 is 0 Å². The van der Waals surface area contributed by atoms with Crippen LogP contribution in [0.3, 0.4) is 0 Å². The minimum Gasteiger partial charge on any atom is -0.466 e. The molecule has 1 unspecified atom stereocenters. The van der Waals surface area contributed by atoms with E-state index in [0.29, 0.717) is 47.8 Å². The number of allylic oxidation sites excluding steroid dienone is 1. The lowest BCUT2D eigenvalue weighted by Gasteiger charge is -2.55. The number of Topliss-reactive ketones (excluding diaryl/α,β-unsaturated/α-hetero) is 1. The number of hydrogen-bond acceptors (Lipinski definition) is 4. The third-order valence-corrected chi connectivity index (χ3v) is 9.70. The van der Waals surface area contributed by atoms with Crippen LogP contribution in [0, 0.1) is 35.0 Å². The van der Waals surface area contributed by atoms with E-state index in [9.17, 15) is 14.4 Å². The first-order valence-corrected chi connectivity index (χ1v) is 13.8. The fraction of sp³-hybridized carbons (Fsp3) is 0.828. The predicted octanol–water partition coefficient (Wildman–Crippen LogP) is 6.61. The zero-order chi connectivity index (χ0) is 23.4. The summed E-state index contributed by atoms with van der Waals surface area (Å²) in [6.45, 7) is 4.30. The van der Waals surface area contributed by atoms with E-state index in [-0.39, 0.29) is 11.4 Å². The predicted molar refractivity (Wildman–Crippen MR) is 130 cm³/mol. The van der Waals surface area contributed by atoms with Crippen molar-refractivity contribution in [2.24, 2.45) is 35.0 Å². The molecule has 4 heteroatoms. The van der Waals surface area contributed by atoms with Gasteiger partial charge < -0.3 is 4.74 Å². The molecule has 0 aliphatic heterocycles. The lowest BCUT2D eigenvalue weighted by molar-refractivity contribution is -0.141. The van der Waals surface area contributed by atoms with E-state index in [4.69, 9.17) is 4.74 Å². The summed E-state index contributed by atoms with van der Waals surface area (Å²) in [6, 6.07) is 0. The van der Waals surface area contributed by atoms with Crippen molar-refractivity contribution in [3.63, 3.8) is 0 Å². The van der Waals surface area contributed by atoms with Gasteiger partial charge in [0.2, 0.25) is 0 Å². The fourth-order valence-electron chi connectivity index (χ4n) is 8.05. The van der Waals surface area contributed by atoms with Gasteiger partial charge in [-0.1, -0.05) is 51.0 Å². The lowest BCUT2D eigenvalue weighted by atomic mass is 9.49. The van der Waals surface area contributed by atoms with Crippen molar-refractivity contribution in [1.29, 1.82) is 0 Å². The molecule has 6 atom stereocenters. The van der Waals surface area contributed by atoms with E-state index in [1.54, 1.807) is 0 Å². The molecule has 0 bridgehead atoms. The Kier molecular flexibility index (Phi) is 8.12. The molecule has 0 N–H and O–H groups in total. The van der Waals surface area contributed by atoms with Gasteiger partial charge in [-0.15, -0.1) is 0 Å². The summed E-state index contributed by atoms with van der Waals surface area (Å²) in [6.07, 6.45) is 18.7. The number of rotatable bonds is 10. The van der Waals surface area contributed by atoms with Gasteiger partial charge in [0.25, 0.3) is 0 Å². The lowest BCUT2D eigenvalue weighted by Crippen LogP contribution is -2.50. The standard InChI is InChI=1S/C29H44O4/c1-20(30)33-17-9-7-5-3-4-6-8-10-21-18-22-19-23(31)11-12-24(22)25-15-16-29(2)26(28(21)25)13-14-27(29)32/h19,21,24-26,28H,3-18H2,1-2H3/t21-,24?,25-,26+,28-,29+/m1/s1. The van der Waals surface area contributed by atoms with Crippen LogP contribution in [0.15, 0.2) is 11.6 Å². The van der Waals surface area contributed by atoms with Gasteiger partial charge in [0, 0.05) is 25.2 Å². The first kappa shape index (κ1) is 24.7. The molecule has 3 fully saturated rings. The number of unbranched alkanes of at least 4 members (excludes halogenated alkanes) is 6. The van der Waals surface area contributed by atoms with Crippen LogP contribution in [0.1, 0.15) is 110 Å². The van der Waals surface area contributed by atoms with E-state index in [2.05, 4.69) is 6.92 Å². The summed E-state index contributed by atoms with van der Waals surface area (Å²) in [5.74, 6) is 3.90. The summed E-state index contributed by atoms with van der Waals surface area (Å²) < 4.78 is 5.00. The molecule has 0 saturated heterocycles. The van der Waals surface area contributed by atoms with Crippen molar-refractivity contribution in [3.8, 4) is 0 Å². The van der Waals surface area contributed by atoms with Crippen molar-refractivity contribution in [3.05, 3.63) is 11.6 Å². The second-order valence-corrected chi connectivity index (χ2v) is 11.7. The van der Waals surface area contributed by atoms with E-state index in [1.165, 1.54) is 57.4 Å². The van der Waals surface area contributed by atoms with E-state index >= 15 is 0 Å². The summed E-state index contributed by atoms with van der Waals surface area (Å²) >= 11 is 0. The molecular weight excluding hydrogens is 412 g/mol. The van der Waals surface area contributed by atoms with E-state index in [0.717, 1.165) is 51.4 Å². The van der Waals surface area contributed by atoms with Crippen LogP contribution in [0.2, 0.25) is 0 Å². The maximum Gasteiger partial charge on any atom is 0.302 e. The molecule has 4 rings (SSSR count). The van der Waals surface area contributed by atoms with Gasteiger partial charge in [0.05, 0.1) is 6.61 Å². The van der Waals surface area contributed by atoms with Crippen LogP contribution in [0.5, 0.6) is 0 Å². The number of ether oxygens (including phenoxy) is 1. The highest BCUT2D eigenvalue weighted by molar-refractivity contribution is 5.91. The summed E-state index contributed by atoms with van der Waals surface area (Å²) in [4.78, 5) is 35.8. The van der Waals surface area contributed by atoms with Crippen molar-refractivity contribution in [2.45, 2.75) is 110 Å². The van der Waals surface area contributed by atoms with Crippen molar-refractivity contribution in [1.82, 2.24) is 0 Å². The zero-order valence-electron chi connectivity index (χ0n) is 20.9. The third kappa shape index (κ3) is 5.46. The van der Waals surface area contributed by atoms with Crippen LogP contribution in [0.25, 0.3) is 0 Å². The van der Waals surface area contributed by atoms with Crippen molar-refractivity contribution >= 4 is 17.5 Å². The Morgan fingerprint density at radius 3 is 2.48 bits per heavy atom. The molecule has 4 aliphatic rings. The normalized spacial score (nSPS) is 35.5.